The van der Waals surface area contributed by atoms with Gasteiger partial charge in [0.05, 0.1) is 22.5 Å². The quantitative estimate of drug-likeness (QED) is 0.361. The van der Waals surface area contributed by atoms with E-state index < -0.39 is 23.2 Å². The number of rotatable bonds is 3. The monoisotopic (exact) mass is 456 g/mol. The summed E-state index contributed by atoms with van der Waals surface area (Å²) in [7, 11) is 0. The second-order valence-electron chi connectivity index (χ2n) is 7.16. The maximum Gasteiger partial charge on any atom is 0.416 e. The molecule has 0 aliphatic rings. The highest BCUT2D eigenvalue weighted by Crippen LogP contribution is 2.32. The van der Waals surface area contributed by atoms with Gasteiger partial charge in [0.25, 0.3) is 5.56 Å². The van der Waals surface area contributed by atoms with Gasteiger partial charge in [-0.25, -0.2) is 4.57 Å². The van der Waals surface area contributed by atoms with E-state index in [1.165, 1.54) is 18.3 Å². The number of aromatic hydroxyl groups is 1. The van der Waals surface area contributed by atoms with Gasteiger partial charge in [0.1, 0.15) is 0 Å². The van der Waals surface area contributed by atoms with Crippen LogP contribution in [0.3, 0.4) is 0 Å². The van der Waals surface area contributed by atoms with E-state index in [1.807, 2.05) is 6.92 Å². The van der Waals surface area contributed by atoms with Gasteiger partial charge in [0.2, 0.25) is 5.88 Å². The zero-order valence-corrected chi connectivity index (χ0v) is 17.4. The Morgan fingerprint density at radius 3 is 2.44 bits per heavy atom. The van der Waals surface area contributed by atoms with Crippen molar-refractivity contribution in [3.63, 3.8) is 0 Å². The van der Waals surface area contributed by atoms with Crippen molar-refractivity contribution in [2.45, 2.75) is 13.1 Å². The second-order valence-corrected chi connectivity index (χ2v) is 7.60. The summed E-state index contributed by atoms with van der Waals surface area (Å²) in [4.78, 5) is 17.5. The molecule has 4 aromatic rings. The Labute approximate surface area is 185 Å². The number of benzene rings is 3. The van der Waals surface area contributed by atoms with Crippen LogP contribution < -0.4 is 5.56 Å². The molecule has 162 valence electrons. The minimum atomic E-state index is -4.60. The summed E-state index contributed by atoms with van der Waals surface area (Å²) >= 11 is 6.04. The number of pyridine rings is 1. The largest absolute Gasteiger partial charge is 0.494 e. The van der Waals surface area contributed by atoms with E-state index in [9.17, 15) is 23.1 Å². The standard InChI is InChI=1S/C24H16ClF3N2O2/c1-14-9-10-16(25)12-21(14)29-13-20-18-7-2-3-8-19(18)22(31)30(23(20)32)17-6-4-5-15(11-17)24(26,27)28/h2-13,32H,1H3. The molecule has 0 bridgehead atoms. The second kappa shape index (κ2) is 8.16. The van der Waals surface area contributed by atoms with Crippen molar-refractivity contribution >= 4 is 34.3 Å². The average Bonchev–Trinajstić information content (AvgIpc) is 2.76. The van der Waals surface area contributed by atoms with Crippen molar-refractivity contribution in [2.75, 3.05) is 0 Å². The molecule has 0 radical (unpaired) electrons. The van der Waals surface area contributed by atoms with E-state index in [4.69, 9.17) is 11.6 Å². The minimum absolute atomic E-state index is 0.110. The van der Waals surface area contributed by atoms with Gasteiger partial charge < -0.3 is 5.11 Å². The molecule has 8 heteroatoms. The summed E-state index contributed by atoms with van der Waals surface area (Å²) in [5.74, 6) is -0.517. The number of aryl methyl sites for hydroxylation is 1. The van der Waals surface area contributed by atoms with Crippen LogP contribution in [-0.4, -0.2) is 15.9 Å². The van der Waals surface area contributed by atoms with Crippen LogP contribution in [0, 0.1) is 6.92 Å². The number of nitrogens with zero attached hydrogens (tertiary/aromatic N) is 2. The van der Waals surface area contributed by atoms with E-state index in [2.05, 4.69) is 4.99 Å². The molecule has 0 aliphatic carbocycles. The Morgan fingerprint density at radius 2 is 1.72 bits per heavy atom. The molecule has 32 heavy (non-hydrogen) atoms. The SMILES string of the molecule is Cc1ccc(Cl)cc1N=Cc1c(O)n(-c2cccc(C(F)(F)F)c2)c(=O)c2ccccc12. The third-order valence-corrected chi connectivity index (χ3v) is 5.27. The van der Waals surface area contributed by atoms with E-state index in [0.717, 1.165) is 22.3 Å². The molecule has 0 spiro atoms. The van der Waals surface area contributed by atoms with Gasteiger partial charge in [-0.05, 0) is 48.9 Å². The van der Waals surface area contributed by atoms with Crippen molar-refractivity contribution in [1.82, 2.24) is 4.57 Å². The highest BCUT2D eigenvalue weighted by molar-refractivity contribution is 6.30. The van der Waals surface area contributed by atoms with Gasteiger partial charge in [-0.3, -0.25) is 9.79 Å². The van der Waals surface area contributed by atoms with Crippen LogP contribution in [0.5, 0.6) is 5.88 Å². The number of aliphatic imine (C=N–C) groups is 1. The van der Waals surface area contributed by atoms with E-state index in [1.54, 1.807) is 42.5 Å². The predicted molar refractivity (Wildman–Crippen MR) is 120 cm³/mol. The predicted octanol–water partition coefficient (Wildman–Crippen LogP) is 6.43. The zero-order valence-electron chi connectivity index (χ0n) is 16.7. The van der Waals surface area contributed by atoms with Crippen LogP contribution in [0.1, 0.15) is 16.7 Å². The first kappa shape index (κ1) is 21.6. The fourth-order valence-electron chi connectivity index (χ4n) is 3.41. The number of alkyl halides is 3. The van der Waals surface area contributed by atoms with E-state index >= 15 is 0 Å². The molecule has 3 aromatic carbocycles. The minimum Gasteiger partial charge on any atom is -0.494 e. The Balaban J connectivity index is 1.98. The molecular formula is C24H16ClF3N2O2. The van der Waals surface area contributed by atoms with Crippen LogP contribution in [0.2, 0.25) is 5.02 Å². The first-order chi connectivity index (χ1) is 15.2. The maximum absolute atomic E-state index is 13.2. The lowest BCUT2D eigenvalue weighted by atomic mass is 10.1. The molecule has 4 nitrogen and oxygen atoms in total. The van der Waals surface area contributed by atoms with Gasteiger partial charge >= 0.3 is 6.18 Å². The van der Waals surface area contributed by atoms with Crippen LogP contribution in [0.4, 0.5) is 18.9 Å². The van der Waals surface area contributed by atoms with Gasteiger partial charge in [-0.1, -0.05) is 41.9 Å². The summed E-state index contributed by atoms with van der Waals surface area (Å²) in [6.07, 6.45) is -3.22. The van der Waals surface area contributed by atoms with Crippen molar-refractivity contribution in [3.8, 4) is 11.6 Å². The van der Waals surface area contributed by atoms with Crippen LogP contribution >= 0.6 is 11.6 Å². The molecule has 0 saturated carbocycles. The molecule has 0 saturated heterocycles. The van der Waals surface area contributed by atoms with Crippen molar-refractivity contribution in [1.29, 1.82) is 0 Å². The highest BCUT2D eigenvalue weighted by Gasteiger charge is 2.31. The molecule has 1 aromatic heterocycles. The Bertz CT molecular complexity index is 1430. The van der Waals surface area contributed by atoms with Crippen molar-refractivity contribution < 1.29 is 18.3 Å². The number of hydrogen-bond donors (Lipinski definition) is 1. The van der Waals surface area contributed by atoms with Gasteiger partial charge in [-0.2, -0.15) is 13.2 Å². The summed E-state index contributed by atoms with van der Waals surface area (Å²) in [5.41, 5.74) is -0.107. The fraction of sp³-hybridized carbons (Fsp3) is 0.0833. The summed E-state index contributed by atoms with van der Waals surface area (Å²) < 4.78 is 40.5. The lowest BCUT2D eigenvalue weighted by molar-refractivity contribution is -0.137. The molecule has 1 heterocycles. The van der Waals surface area contributed by atoms with Crippen LogP contribution in [-0.2, 0) is 6.18 Å². The Kier molecular flexibility index (Phi) is 5.52. The lowest BCUT2D eigenvalue weighted by Crippen LogP contribution is -2.20. The zero-order chi connectivity index (χ0) is 23.0. The summed E-state index contributed by atoms with van der Waals surface area (Å²) in [6, 6.07) is 15.9. The first-order valence-electron chi connectivity index (χ1n) is 9.51. The average molecular weight is 457 g/mol. The van der Waals surface area contributed by atoms with Crippen molar-refractivity contribution in [2.24, 2.45) is 4.99 Å². The summed E-state index contributed by atoms with van der Waals surface area (Å²) in [5, 5.41) is 12.1. The molecule has 0 aliphatic heterocycles. The molecule has 0 unspecified atom stereocenters. The first-order valence-corrected chi connectivity index (χ1v) is 9.89. The van der Waals surface area contributed by atoms with Gasteiger partial charge in [0.15, 0.2) is 0 Å². The number of fused-ring (bicyclic) bond motifs is 1. The summed E-state index contributed by atoms with van der Waals surface area (Å²) in [6.45, 7) is 1.84. The highest BCUT2D eigenvalue weighted by atomic mass is 35.5. The molecule has 4 rings (SSSR count). The van der Waals surface area contributed by atoms with Gasteiger partial charge in [-0.15, -0.1) is 0 Å². The fourth-order valence-corrected chi connectivity index (χ4v) is 3.57. The third kappa shape index (κ3) is 3.99. The molecular weight excluding hydrogens is 441 g/mol. The molecule has 1 N–H and O–H groups in total. The molecule has 0 atom stereocenters. The number of halogens is 4. The number of hydrogen-bond acceptors (Lipinski definition) is 3. The van der Waals surface area contributed by atoms with Crippen molar-refractivity contribution in [3.05, 3.63) is 98.8 Å². The maximum atomic E-state index is 13.2. The normalized spacial score (nSPS) is 12.0. The molecule has 0 amide bonds. The van der Waals surface area contributed by atoms with Gasteiger partial charge in [0, 0.05) is 22.0 Å². The third-order valence-electron chi connectivity index (χ3n) is 5.04. The Morgan fingerprint density at radius 1 is 1.00 bits per heavy atom. The smallest absolute Gasteiger partial charge is 0.416 e. The van der Waals surface area contributed by atoms with Crippen LogP contribution in [0.25, 0.3) is 16.5 Å². The molecule has 0 fully saturated rings. The van der Waals surface area contributed by atoms with Crippen LogP contribution in [0.15, 0.2) is 76.5 Å². The lowest BCUT2D eigenvalue weighted by Gasteiger charge is -2.15. The number of aromatic nitrogens is 1. The topological polar surface area (TPSA) is 54.6 Å². The Hall–Kier alpha value is -3.58. The van der Waals surface area contributed by atoms with E-state index in [0.29, 0.717) is 16.1 Å². The van der Waals surface area contributed by atoms with E-state index in [-0.39, 0.29) is 16.6 Å².